The van der Waals surface area contributed by atoms with Crippen molar-refractivity contribution in [2.24, 2.45) is 0 Å². The predicted molar refractivity (Wildman–Crippen MR) is 101 cm³/mol. The molecule has 2 heterocycles. The molecule has 0 unspecified atom stereocenters. The second-order valence-corrected chi connectivity index (χ2v) is 6.57. The molecule has 1 N–H and O–H groups in total. The minimum absolute atomic E-state index is 0.557. The van der Waals surface area contributed by atoms with Gasteiger partial charge in [0.25, 0.3) is 0 Å². The van der Waals surface area contributed by atoms with Crippen molar-refractivity contribution < 1.29 is 4.74 Å². The number of ether oxygens (including phenoxy) is 1. The fourth-order valence-corrected chi connectivity index (χ4v) is 3.29. The number of imidazole rings is 1. The summed E-state index contributed by atoms with van der Waals surface area (Å²) in [5, 5.41) is 0.901. The van der Waals surface area contributed by atoms with Gasteiger partial charge in [-0.2, -0.15) is 0 Å². The van der Waals surface area contributed by atoms with Gasteiger partial charge in [-0.25, -0.2) is 4.98 Å². The van der Waals surface area contributed by atoms with E-state index in [2.05, 4.69) is 27.1 Å². The molecule has 0 bridgehead atoms. The molecule has 2 aromatic heterocycles. The first-order valence-corrected chi connectivity index (χ1v) is 9.04. The molecule has 0 fully saturated rings. The van der Waals surface area contributed by atoms with Gasteiger partial charge in [-0.1, -0.05) is 54.2 Å². The van der Waals surface area contributed by atoms with Crippen molar-refractivity contribution in [2.45, 2.75) is 17.5 Å². The van der Waals surface area contributed by atoms with Gasteiger partial charge in [0.2, 0.25) is 0 Å². The molecule has 0 saturated heterocycles. The number of hydrogen-bond donors (Lipinski definition) is 1. The van der Waals surface area contributed by atoms with Crippen LogP contribution in [0.4, 0.5) is 0 Å². The number of benzene rings is 2. The Kier molecular flexibility index (Phi) is 4.65. The smallest absolute Gasteiger partial charge is 0.166 e. The number of nitrogens with zero attached hydrogens (tertiary/aromatic N) is 2. The van der Waals surface area contributed by atoms with E-state index < -0.39 is 0 Å². The van der Waals surface area contributed by atoms with Gasteiger partial charge < -0.3 is 9.72 Å². The number of hydrogen-bond acceptors (Lipinski definition) is 4. The quantitative estimate of drug-likeness (QED) is 0.508. The second-order valence-electron chi connectivity index (χ2n) is 5.60. The topological polar surface area (TPSA) is 50.8 Å². The van der Waals surface area contributed by atoms with Crippen molar-refractivity contribution in [3.05, 3.63) is 84.2 Å². The highest BCUT2D eigenvalue weighted by Gasteiger charge is 2.05. The lowest BCUT2D eigenvalue weighted by atomic mass is 10.2. The fraction of sp³-hybridized carbons (Fsp3) is 0.100. The highest BCUT2D eigenvalue weighted by Crippen LogP contribution is 2.23. The summed E-state index contributed by atoms with van der Waals surface area (Å²) in [6.07, 6.45) is 1.79. The van der Waals surface area contributed by atoms with Crippen molar-refractivity contribution in [3.8, 4) is 5.75 Å². The Hall–Kier alpha value is -2.79. The normalized spacial score (nSPS) is 10.9. The summed E-state index contributed by atoms with van der Waals surface area (Å²) in [7, 11) is 0. The molecule has 0 aliphatic rings. The molecule has 0 amide bonds. The molecule has 4 aromatic rings. The first-order chi connectivity index (χ1) is 12.4. The minimum Gasteiger partial charge on any atom is -0.489 e. The van der Waals surface area contributed by atoms with Gasteiger partial charge in [0.1, 0.15) is 12.4 Å². The summed E-state index contributed by atoms with van der Waals surface area (Å²) >= 11 is 1.64. The molecule has 5 heteroatoms. The maximum Gasteiger partial charge on any atom is 0.166 e. The molecule has 0 radical (unpaired) electrons. The summed E-state index contributed by atoms with van der Waals surface area (Å²) in [4.78, 5) is 12.3. The summed E-state index contributed by atoms with van der Waals surface area (Å²) in [5.74, 6) is 1.57. The zero-order valence-corrected chi connectivity index (χ0v) is 14.4. The van der Waals surface area contributed by atoms with Crippen molar-refractivity contribution >= 4 is 22.8 Å². The monoisotopic (exact) mass is 347 g/mol. The van der Waals surface area contributed by atoms with E-state index in [-0.39, 0.29) is 0 Å². The van der Waals surface area contributed by atoms with Gasteiger partial charge in [0.05, 0.1) is 16.7 Å². The lowest BCUT2D eigenvalue weighted by Crippen LogP contribution is -1.96. The van der Waals surface area contributed by atoms with Gasteiger partial charge in [0, 0.05) is 18.0 Å². The Morgan fingerprint density at radius 1 is 0.960 bits per heavy atom. The van der Waals surface area contributed by atoms with Crippen LogP contribution in [0, 0.1) is 0 Å². The fourth-order valence-electron chi connectivity index (χ4n) is 2.51. The third-order valence-electron chi connectivity index (χ3n) is 3.76. The zero-order valence-electron chi connectivity index (χ0n) is 13.6. The number of thioether (sulfide) groups is 1. The SMILES string of the molecule is c1ccc(COc2ccnc(CSc3nc4ccccc4[nH]3)c2)cc1. The highest BCUT2D eigenvalue weighted by molar-refractivity contribution is 7.98. The van der Waals surface area contributed by atoms with E-state index in [1.165, 1.54) is 0 Å². The highest BCUT2D eigenvalue weighted by atomic mass is 32.2. The van der Waals surface area contributed by atoms with E-state index in [0.29, 0.717) is 6.61 Å². The Labute approximate surface area is 150 Å². The predicted octanol–water partition coefficient (Wildman–Crippen LogP) is 4.83. The zero-order chi connectivity index (χ0) is 16.9. The number of para-hydroxylation sites is 2. The molecule has 0 aliphatic carbocycles. The van der Waals surface area contributed by atoms with Crippen molar-refractivity contribution in [2.75, 3.05) is 0 Å². The van der Waals surface area contributed by atoms with Crippen LogP contribution in [0.5, 0.6) is 5.75 Å². The van der Waals surface area contributed by atoms with Crippen LogP contribution >= 0.6 is 11.8 Å². The summed E-state index contributed by atoms with van der Waals surface area (Å²) in [6, 6.07) is 22.0. The van der Waals surface area contributed by atoms with Crippen molar-refractivity contribution in [1.29, 1.82) is 0 Å². The molecule has 124 valence electrons. The maximum atomic E-state index is 5.86. The molecule has 0 saturated carbocycles. The first-order valence-electron chi connectivity index (χ1n) is 8.06. The number of aromatic amines is 1. The van der Waals surface area contributed by atoms with E-state index in [9.17, 15) is 0 Å². The van der Waals surface area contributed by atoms with E-state index in [4.69, 9.17) is 4.74 Å². The van der Waals surface area contributed by atoms with Crippen LogP contribution in [0.3, 0.4) is 0 Å². The number of fused-ring (bicyclic) bond motifs is 1. The lowest BCUT2D eigenvalue weighted by Gasteiger charge is -2.07. The average Bonchev–Trinajstić information content (AvgIpc) is 3.09. The minimum atomic E-state index is 0.557. The number of aromatic nitrogens is 3. The van der Waals surface area contributed by atoms with E-state index in [1.54, 1.807) is 18.0 Å². The third-order valence-corrected chi connectivity index (χ3v) is 4.67. The first kappa shape index (κ1) is 15.7. The molecule has 25 heavy (non-hydrogen) atoms. The maximum absolute atomic E-state index is 5.86. The van der Waals surface area contributed by atoms with Crippen LogP contribution in [0.15, 0.2) is 78.1 Å². The molecule has 2 aromatic carbocycles. The van der Waals surface area contributed by atoms with Crippen LogP contribution in [0.2, 0.25) is 0 Å². The molecule has 0 aliphatic heterocycles. The van der Waals surface area contributed by atoms with E-state index in [0.717, 1.165) is 38.9 Å². The number of rotatable bonds is 6. The van der Waals surface area contributed by atoms with Crippen LogP contribution in [-0.4, -0.2) is 15.0 Å². The molecule has 0 spiro atoms. The van der Waals surface area contributed by atoms with Crippen LogP contribution in [0.25, 0.3) is 11.0 Å². The Bertz CT molecular complexity index is 936. The molecule has 4 nitrogen and oxygen atoms in total. The Morgan fingerprint density at radius 2 is 1.80 bits per heavy atom. The summed E-state index contributed by atoms with van der Waals surface area (Å²) in [5.41, 5.74) is 4.16. The van der Waals surface area contributed by atoms with Crippen molar-refractivity contribution in [3.63, 3.8) is 0 Å². The molecule has 4 rings (SSSR count). The number of nitrogens with one attached hydrogen (secondary N) is 1. The Morgan fingerprint density at radius 3 is 2.68 bits per heavy atom. The van der Waals surface area contributed by atoms with Crippen molar-refractivity contribution in [1.82, 2.24) is 15.0 Å². The van der Waals surface area contributed by atoms with E-state index >= 15 is 0 Å². The standard InChI is InChI=1S/C20H17N3OS/c1-2-6-15(7-3-1)13-24-17-10-11-21-16(12-17)14-25-20-22-18-8-4-5-9-19(18)23-20/h1-12H,13-14H2,(H,22,23). The third kappa shape index (κ3) is 4.00. The molecular formula is C20H17N3OS. The van der Waals surface area contributed by atoms with Gasteiger partial charge in [0.15, 0.2) is 5.16 Å². The summed E-state index contributed by atoms with van der Waals surface area (Å²) < 4.78 is 5.86. The second kappa shape index (κ2) is 7.40. The summed E-state index contributed by atoms with van der Waals surface area (Å²) in [6.45, 7) is 0.557. The largest absolute Gasteiger partial charge is 0.489 e. The van der Waals surface area contributed by atoms with Crippen LogP contribution < -0.4 is 4.74 Å². The van der Waals surface area contributed by atoms with Gasteiger partial charge in [-0.15, -0.1) is 0 Å². The van der Waals surface area contributed by atoms with Crippen LogP contribution in [0.1, 0.15) is 11.3 Å². The van der Waals surface area contributed by atoms with Gasteiger partial charge >= 0.3 is 0 Å². The lowest BCUT2D eigenvalue weighted by molar-refractivity contribution is 0.305. The van der Waals surface area contributed by atoms with Gasteiger partial charge in [-0.3, -0.25) is 4.98 Å². The van der Waals surface area contributed by atoms with Gasteiger partial charge in [-0.05, 0) is 23.8 Å². The average molecular weight is 347 g/mol. The molecular weight excluding hydrogens is 330 g/mol. The number of pyridine rings is 1. The number of H-pyrrole nitrogens is 1. The Balaban J connectivity index is 1.39. The van der Waals surface area contributed by atoms with E-state index in [1.807, 2.05) is 54.6 Å². The van der Waals surface area contributed by atoms with Crippen LogP contribution in [-0.2, 0) is 12.4 Å². The molecule has 0 atom stereocenters.